The third-order valence-electron chi connectivity index (χ3n) is 3.43. The molecule has 1 N–H and O–H groups in total. The second-order valence-electron chi connectivity index (χ2n) is 4.12. The lowest BCUT2D eigenvalue weighted by Gasteiger charge is -2.33. The van der Waals surface area contributed by atoms with Crippen molar-refractivity contribution in [3.05, 3.63) is 0 Å². The van der Waals surface area contributed by atoms with Crippen LogP contribution in [0.3, 0.4) is 0 Å². The van der Waals surface area contributed by atoms with Gasteiger partial charge in [-0.2, -0.15) is 0 Å². The van der Waals surface area contributed by atoms with Crippen molar-refractivity contribution >= 4 is 7.59 Å². The number of hydrogen-bond acceptors (Lipinski definition) is 2. The molecule has 3 rings (SSSR count). The van der Waals surface area contributed by atoms with E-state index < -0.39 is 7.59 Å². The predicted molar refractivity (Wildman–Crippen MR) is 55.2 cm³/mol. The van der Waals surface area contributed by atoms with Gasteiger partial charge >= 0.3 is 0 Å². The summed E-state index contributed by atoms with van der Waals surface area (Å²) in [4.78, 5) is 0. The lowest BCUT2D eigenvalue weighted by molar-refractivity contribution is 0.343. The Morgan fingerprint density at radius 2 is 1.21 bits per heavy atom. The van der Waals surface area contributed by atoms with Crippen molar-refractivity contribution in [2.24, 2.45) is 0 Å². The molecular formula is C8H17N4OP. The van der Waals surface area contributed by atoms with E-state index in [0.29, 0.717) is 0 Å². The summed E-state index contributed by atoms with van der Waals surface area (Å²) in [6, 6.07) is 0. The van der Waals surface area contributed by atoms with E-state index in [-0.39, 0.29) is 0 Å². The minimum absolute atomic E-state index is 0.935. The molecule has 0 saturated carbocycles. The first-order valence-electron chi connectivity index (χ1n) is 5.39. The highest BCUT2D eigenvalue weighted by atomic mass is 31.2. The first kappa shape index (κ1) is 9.31. The van der Waals surface area contributed by atoms with E-state index >= 15 is 0 Å². The maximum absolute atomic E-state index is 12.8. The van der Waals surface area contributed by atoms with Crippen LogP contribution in [0.1, 0.15) is 0 Å². The molecule has 0 aliphatic carbocycles. The second kappa shape index (κ2) is 3.29. The molecule has 0 aromatic heterocycles. The lowest BCUT2D eigenvalue weighted by Crippen LogP contribution is -2.40. The second-order valence-corrected chi connectivity index (χ2v) is 6.85. The van der Waals surface area contributed by atoms with E-state index in [1.54, 1.807) is 0 Å². The van der Waals surface area contributed by atoms with E-state index in [9.17, 15) is 4.57 Å². The fraction of sp³-hybridized carbons (Fsp3) is 1.00. The fourth-order valence-corrected chi connectivity index (χ4v) is 5.85. The van der Waals surface area contributed by atoms with Crippen LogP contribution in [-0.2, 0) is 4.57 Å². The van der Waals surface area contributed by atoms with E-state index in [4.69, 9.17) is 0 Å². The van der Waals surface area contributed by atoms with Gasteiger partial charge < -0.3 is 5.32 Å². The predicted octanol–water partition coefficient (Wildman–Crippen LogP) is -0.369. The maximum Gasteiger partial charge on any atom is 0.287 e. The van der Waals surface area contributed by atoms with Gasteiger partial charge in [-0.25, -0.2) is 14.0 Å². The summed E-state index contributed by atoms with van der Waals surface area (Å²) >= 11 is 0. The van der Waals surface area contributed by atoms with Crippen LogP contribution in [0.25, 0.3) is 0 Å². The van der Waals surface area contributed by atoms with Crippen molar-refractivity contribution in [2.75, 3.05) is 52.4 Å². The zero-order chi connectivity index (χ0) is 9.60. The van der Waals surface area contributed by atoms with E-state index in [0.717, 1.165) is 52.4 Å². The first-order valence-corrected chi connectivity index (χ1v) is 6.95. The van der Waals surface area contributed by atoms with E-state index in [1.165, 1.54) is 0 Å². The normalized spacial score (nSPS) is 34.0. The Kier molecular flexibility index (Phi) is 2.18. The van der Waals surface area contributed by atoms with Gasteiger partial charge in [-0.05, 0) is 0 Å². The maximum atomic E-state index is 12.8. The molecule has 80 valence electrons. The summed E-state index contributed by atoms with van der Waals surface area (Å²) in [5, 5.41) is 3.38. The molecule has 3 aliphatic rings. The van der Waals surface area contributed by atoms with Crippen LogP contribution in [0, 0.1) is 0 Å². The summed E-state index contributed by atoms with van der Waals surface area (Å²) in [5.74, 6) is 0. The Labute approximate surface area is 84.6 Å². The molecule has 3 saturated heterocycles. The molecule has 3 fully saturated rings. The molecule has 3 aliphatic heterocycles. The molecule has 3 heterocycles. The van der Waals surface area contributed by atoms with Crippen LogP contribution < -0.4 is 5.32 Å². The topological polar surface area (TPSA) is 38.8 Å². The molecule has 14 heavy (non-hydrogen) atoms. The van der Waals surface area contributed by atoms with Gasteiger partial charge in [0.15, 0.2) is 0 Å². The fourth-order valence-electron chi connectivity index (χ4n) is 2.66. The van der Waals surface area contributed by atoms with Crippen molar-refractivity contribution in [3.8, 4) is 0 Å². The van der Waals surface area contributed by atoms with Gasteiger partial charge in [-0.1, -0.05) is 0 Å². The Balaban J connectivity index is 1.94. The van der Waals surface area contributed by atoms with Gasteiger partial charge in [0.2, 0.25) is 0 Å². The zero-order valence-corrected chi connectivity index (χ0v) is 9.25. The Bertz CT molecular complexity index is 263. The van der Waals surface area contributed by atoms with Gasteiger partial charge in [0.25, 0.3) is 7.59 Å². The molecule has 0 bridgehead atoms. The smallest absolute Gasteiger partial charge is 0.287 e. The van der Waals surface area contributed by atoms with Crippen molar-refractivity contribution in [3.63, 3.8) is 0 Å². The number of nitrogens with one attached hydrogen (secondary N) is 1. The molecule has 0 unspecified atom stereocenters. The third-order valence-corrected chi connectivity index (χ3v) is 6.84. The summed E-state index contributed by atoms with van der Waals surface area (Å²) in [6.45, 7) is 7.78. The van der Waals surface area contributed by atoms with Crippen LogP contribution in [0.5, 0.6) is 0 Å². The Hall–Kier alpha value is 0.0700. The van der Waals surface area contributed by atoms with Gasteiger partial charge in [-0.3, -0.25) is 4.57 Å². The quantitative estimate of drug-likeness (QED) is 0.559. The summed E-state index contributed by atoms with van der Waals surface area (Å²) in [5.41, 5.74) is 0. The van der Waals surface area contributed by atoms with Gasteiger partial charge in [0, 0.05) is 52.4 Å². The van der Waals surface area contributed by atoms with E-state index in [1.807, 2.05) is 0 Å². The van der Waals surface area contributed by atoms with Crippen LogP contribution >= 0.6 is 7.59 Å². The SMILES string of the molecule is O=P12N3CCNCCN1CCN2CC3. The zero-order valence-electron chi connectivity index (χ0n) is 8.35. The average Bonchev–Trinajstić information content (AvgIpc) is 2.57. The molecule has 0 radical (unpaired) electrons. The average molecular weight is 216 g/mol. The lowest BCUT2D eigenvalue weighted by atomic mass is 10.4. The van der Waals surface area contributed by atoms with Crippen molar-refractivity contribution in [2.45, 2.75) is 0 Å². The molecule has 6 heteroatoms. The molecule has 0 aromatic carbocycles. The van der Waals surface area contributed by atoms with Crippen molar-refractivity contribution in [1.82, 2.24) is 19.3 Å². The molecule has 0 aromatic rings. The molecule has 0 spiro atoms. The molecule has 0 atom stereocenters. The Morgan fingerprint density at radius 3 is 1.71 bits per heavy atom. The monoisotopic (exact) mass is 216 g/mol. The highest BCUT2D eigenvalue weighted by Gasteiger charge is 2.51. The van der Waals surface area contributed by atoms with Gasteiger partial charge in [0.1, 0.15) is 0 Å². The standard InChI is InChI=1S/C8H17N4OP/c13-14-10-3-1-9-2-4-11(14)6-8-12(14)7-5-10/h9H,1-8H2. The van der Waals surface area contributed by atoms with Crippen LogP contribution in [0.2, 0.25) is 0 Å². The van der Waals surface area contributed by atoms with Crippen LogP contribution in [-0.4, -0.2) is 66.4 Å². The van der Waals surface area contributed by atoms with Crippen LogP contribution in [0.15, 0.2) is 0 Å². The highest BCUT2D eigenvalue weighted by molar-refractivity contribution is 7.57. The molecule has 5 nitrogen and oxygen atoms in total. The van der Waals surface area contributed by atoms with E-state index in [2.05, 4.69) is 19.3 Å². The minimum atomic E-state index is -2.26. The first-order chi connectivity index (χ1) is 6.82. The molecular weight excluding hydrogens is 199 g/mol. The summed E-state index contributed by atoms with van der Waals surface area (Å²) < 4.78 is 19.4. The summed E-state index contributed by atoms with van der Waals surface area (Å²) in [7, 11) is -2.26. The minimum Gasteiger partial charge on any atom is -0.314 e. The number of rotatable bonds is 0. The number of hydrogen-bond donors (Lipinski definition) is 1. The number of nitrogens with zero attached hydrogens (tertiary/aromatic N) is 3. The highest BCUT2D eigenvalue weighted by Crippen LogP contribution is 2.62. The van der Waals surface area contributed by atoms with Crippen LogP contribution in [0.4, 0.5) is 0 Å². The van der Waals surface area contributed by atoms with Crippen molar-refractivity contribution < 1.29 is 4.57 Å². The third kappa shape index (κ3) is 1.14. The van der Waals surface area contributed by atoms with Gasteiger partial charge in [-0.15, -0.1) is 0 Å². The van der Waals surface area contributed by atoms with Crippen molar-refractivity contribution in [1.29, 1.82) is 0 Å². The molecule has 0 amide bonds. The largest absolute Gasteiger partial charge is 0.314 e. The Morgan fingerprint density at radius 1 is 0.786 bits per heavy atom. The summed E-state index contributed by atoms with van der Waals surface area (Å²) in [6.07, 6.45) is 0. The van der Waals surface area contributed by atoms with Gasteiger partial charge in [0.05, 0.1) is 0 Å².